The lowest BCUT2D eigenvalue weighted by Gasteiger charge is -2.25. The SMILES string of the molecule is C1=Cc2c(oc3cc(N(c4ccc(-c5ccc(-n6c7ccccc7c7ccccc76)cc5)cc4)c4ccc5c(c4)oc4ccccc45)ccc23)CC1. The first-order valence-corrected chi connectivity index (χ1v) is 17.9. The van der Waals surface area contributed by atoms with Crippen LogP contribution in [0.5, 0.6) is 0 Å². The van der Waals surface area contributed by atoms with Gasteiger partial charge in [-0.25, -0.2) is 0 Å². The molecule has 0 amide bonds. The zero-order valence-electron chi connectivity index (χ0n) is 28.3. The quantitative estimate of drug-likeness (QED) is 0.183. The van der Waals surface area contributed by atoms with Crippen LogP contribution in [-0.2, 0) is 6.42 Å². The number of furan rings is 2. The molecule has 1 aliphatic rings. The maximum atomic E-state index is 6.43. The number of aryl methyl sites for hydroxylation is 1. The zero-order valence-corrected chi connectivity index (χ0v) is 28.3. The fourth-order valence-electron chi connectivity index (χ4n) is 8.19. The van der Waals surface area contributed by atoms with Crippen LogP contribution in [0.4, 0.5) is 17.1 Å². The van der Waals surface area contributed by atoms with Gasteiger partial charge in [0, 0.05) is 73.8 Å². The molecule has 4 heteroatoms. The van der Waals surface area contributed by atoms with E-state index in [1.54, 1.807) is 0 Å². The highest BCUT2D eigenvalue weighted by Crippen LogP contribution is 2.42. The van der Waals surface area contributed by atoms with E-state index in [1.807, 2.05) is 12.1 Å². The van der Waals surface area contributed by atoms with Crippen molar-refractivity contribution >= 4 is 77.9 Å². The highest BCUT2D eigenvalue weighted by Gasteiger charge is 2.20. The summed E-state index contributed by atoms with van der Waals surface area (Å²) in [7, 11) is 0. The monoisotopic (exact) mass is 668 g/mol. The van der Waals surface area contributed by atoms with Gasteiger partial charge in [0.2, 0.25) is 0 Å². The molecule has 10 aromatic rings. The Bertz CT molecular complexity index is 2960. The van der Waals surface area contributed by atoms with Crippen molar-refractivity contribution in [1.82, 2.24) is 4.57 Å². The van der Waals surface area contributed by atoms with Gasteiger partial charge in [0.15, 0.2) is 0 Å². The van der Waals surface area contributed by atoms with Crippen LogP contribution in [0.3, 0.4) is 0 Å². The van der Waals surface area contributed by atoms with Crippen molar-refractivity contribution in [1.29, 1.82) is 0 Å². The molecule has 0 atom stereocenters. The van der Waals surface area contributed by atoms with Crippen LogP contribution in [0.25, 0.3) is 77.6 Å². The van der Waals surface area contributed by atoms with Crippen molar-refractivity contribution in [3.05, 3.63) is 175 Å². The molecule has 0 fully saturated rings. The average molecular weight is 669 g/mol. The van der Waals surface area contributed by atoms with E-state index in [1.165, 1.54) is 32.9 Å². The van der Waals surface area contributed by atoms with Gasteiger partial charge in [0.1, 0.15) is 22.5 Å². The summed E-state index contributed by atoms with van der Waals surface area (Å²) in [6, 6.07) is 56.3. The lowest BCUT2D eigenvalue weighted by molar-refractivity contribution is 0.546. The van der Waals surface area contributed by atoms with E-state index >= 15 is 0 Å². The number of rotatable bonds is 5. The summed E-state index contributed by atoms with van der Waals surface area (Å²) in [5.74, 6) is 1.07. The predicted octanol–water partition coefficient (Wildman–Crippen LogP) is 13.5. The number of nitrogens with zero attached hydrogens (tertiary/aromatic N) is 2. The van der Waals surface area contributed by atoms with Gasteiger partial charge >= 0.3 is 0 Å². The molecule has 0 spiro atoms. The van der Waals surface area contributed by atoms with E-state index in [9.17, 15) is 0 Å². The van der Waals surface area contributed by atoms with Crippen molar-refractivity contribution in [3.63, 3.8) is 0 Å². The maximum Gasteiger partial charge on any atom is 0.137 e. The summed E-state index contributed by atoms with van der Waals surface area (Å²) >= 11 is 0. The summed E-state index contributed by atoms with van der Waals surface area (Å²) < 4.78 is 15.1. The molecule has 0 radical (unpaired) electrons. The third kappa shape index (κ3) is 4.47. The second-order valence-corrected chi connectivity index (χ2v) is 13.6. The molecule has 3 aromatic heterocycles. The molecular weight excluding hydrogens is 637 g/mol. The Labute approximate surface area is 300 Å². The Hall–Kier alpha value is -6.78. The summed E-state index contributed by atoms with van der Waals surface area (Å²) in [5.41, 5.74) is 12.9. The number of fused-ring (bicyclic) bond motifs is 9. The van der Waals surface area contributed by atoms with Crippen LogP contribution in [0.15, 0.2) is 173 Å². The highest BCUT2D eigenvalue weighted by atomic mass is 16.3. The molecule has 0 aliphatic heterocycles. The molecule has 0 unspecified atom stereocenters. The van der Waals surface area contributed by atoms with Gasteiger partial charge in [0.05, 0.1) is 11.0 Å². The van der Waals surface area contributed by atoms with Crippen LogP contribution in [-0.4, -0.2) is 4.57 Å². The summed E-state index contributed by atoms with van der Waals surface area (Å²) in [6.45, 7) is 0. The second-order valence-electron chi connectivity index (χ2n) is 13.6. The lowest BCUT2D eigenvalue weighted by Crippen LogP contribution is -2.09. The van der Waals surface area contributed by atoms with Gasteiger partial charge in [-0.1, -0.05) is 91.0 Å². The normalized spacial score (nSPS) is 12.8. The molecular formula is C48H32N2O2. The molecule has 0 N–H and O–H groups in total. The molecule has 0 bridgehead atoms. The van der Waals surface area contributed by atoms with E-state index in [0.717, 1.165) is 79.8 Å². The molecule has 52 heavy (non-hydrogen) atoms. The van der Waals surface area contributed by atoms with Crippen LogP contribution >= 0.6 is 0 Å². The number of allylic oxidation sites excluding steroid dienone is 1. The molecule has 3 heterocycles. The molecule has 0 saturated carbocycles. The van der Waals surface area contributed by atoms with Crippen molar-refractivity contribution < 1.29 is 8.83 Å². The predicted molar refractivity (Wildman–Crippen MR) is 215 cm³/mol. The Morgan fingerprint density at radius 1 is 0.462 bits per heavy atom. The Kier molecular flexibility index (Phi) is 6.34. The smallest absolute Gasteiger partial charge is 0.137 e. The van der Waals surface area contributed by atoms with E-state index in [2.05, 4.69) is 167 Å². The van der Waals surface area contributed by atoms with Crippen LogP contribution in [0.1, 0.15) is 17.7 Å². The van der Waals surface area contributed by atoms with E-state index < -0.39 is 0 Å². The minimum Gasteiger partial charge on any atom is -0.460 e. The summed E-state index contributed by atoms with van der Waals surface area (Å²) in [6.07, 6.45) is 6.38. The number of hydrogen-bond donors (Lipinski definition) is 0. The lowest BCUT2D eigenvalue weighted by atomic mass is 10.0. The average Bonchev–Trinajstić information content (AvgIpc) is 3.87. The number of anilines is 3. The zero-order chi connectivity index (χ0) is 34.2. The van der Waals surface area contributed by atoms with Gasteiger partial charge in [-0.3, -0.25) is 0 Å². The third-order valence-electron chi connectivity index (χ3n) is 10.7. The Morgan fingerprint density at radius 2 is 1.02 bits per heavy atom. The van der Waals surface area contributed by atoms with Gasteiger partial charge in [0.25, 0.3) is 0 Å². The third-order valence-corrected chi connectivity index (χ3v) is 10.7. The first kappa shape index (κ1) is 29.0. The minimum atomic E-state index is 0.864. The van der Waals surface area contributed by atoms with E-state index in [0.29, 0.717) is 0 Å². The molecule has 1 aliphatic carbocycles. The summed E-state index contributed by atoms with van der Waals surface area (Å²) in [5, 5.41) is 5.93. The largest absolute Gasteiger partial charge is 0.460 e. The fraction of sp³-hybridized carbons (Fsp3) is 0.0417. The first-order valence-electron chi connectivity index (χ1n) is 17.9. The number of hydrogen-bond acceptors (Lipinski definition) is 3. The molecule has 246 valence electrons. The first-order chi connectivity index (χ1) is 25.8. The van der Waals surface area contributed by atoms with Gasteiger partial charge in [-0.15, -0.1) is 0 Å². The van der Waals surface area contributed by atoms with Gasteiger partial charge < -0.3 is 18.3 Å². The molecule has 4 nitrogen and oxygen atoms in total. The van der Waals surface area contributed by atoms with Crippen LogP contribution in [0, 0.1) is 0 Å². The fourth-order valence-corrected chi connectivity index (χ4v) is 8.19. The van der Waals surface area contributed by atoms with Gasteiger partial charge in [-0.05, 0) is 84.3 Å². The number of aromatic nitrogens is 1. The molecule has 0 saturated heterocycles. The Balaban J connectivity index is 0.992. The van der Waals surface area contributed by atoms with Gasteiger partial charge in [-0.2, -0.15) is 0 Å². The topological polar surface area (TPSA) is 34.5 Å². The second kappa shape index (κ2) is 11.4. The van der Waals surface area contributed by atoms with Crippen molar-refractivity contribution in [2.45, 2.75) is 12.8 Å². The van der Waals surface area contributed by atoms with Crippen LogP contribution < -0.4 is 4.90 Å². The van der Waals surface area contributed by atoms with Crippen molar-refractivity contribution in [3.8, 4) is 16.8 Å². The van der Waals surface area contributed by atoms with Crippen molar-refractivity contribution in [2.75, 3.05) is 4.90 Å². The minimum absolute atomic E-state index is 0.864. The number of benzene rings is 7. The van der Waals surface area contributed by atoms with Crippen LogP contribution in [0.2, 0.25) is 0 Å². The standard InChI is InChI=1S/C48H32N2O2/c1-5-13-43-37(9-1)38-10-2-6-14-44(38)50(43)34-23-19-32(20-24-34)31-17-21-33(22-18-31)49(35-25-27-41-39-11-3-7-15-45(39)51-47(41)29-35)36-26-28-42-40-12-4-8-16-46(40)52-48(42)30-36/h1-7,9-15,17-30H,8,16H2. The van der Waals surface area contributed by atoms with E-state index in [-0.39, 0.29) is 0 Å². The van der Waals surface area contributed by atoms with Crippen molar-refractivity contribution in [2.24, 2.45) is 0 Å². The number of para-hydroxylation sites is 3. The Morgan fingerprint density at radius 3 is 1.73 bits per heavy atom. The van der Waals surface area contributed by atoms with E-state index in [4.69, 9.17) is 8.83 Å². The molecule has 7 aromatic carbocycles. The highest BCUT2D eigenvalue weighted by molar-refractivity contribution is 6.09. The summed E-state index contributed by atoms with van der Waals surface area (Å²) in [4.78, 5) is 2.29. The molecule has 11 rings (SSSR count). The maximum absolute atomic E-state index is 6.43.